The van der Waals surface area contributed by atoms with Crippen LogP contribution in [0.15, 0.2) is 29.2 Å². The smallest absolute Gasteiger partial charge is 0.224 e. The van der Waals surface area contributed by atoms with E-state index in [-0.39, 0.29) is 24.2 Å². The molecule has 20 heavy (non-hydrogen) atoms. The van der Waals surface area contributed by atoms with Crippen molar-refractivity contribution < 1.29 is 13.2 Å². The van der Waals surface area contributed by atoms with Crippen molar-refractivity contribution in [2.24, 2.45) is 5.92 Å². The number of hydrogen-bond donors (Lipinski definition) is 2. The van der Waals surface area contributed by atoms with E-state index in [1.54, 1.807) is 24.3 Å². The first-order valence-corrected chi connectivity index (χ1v) is 8.13. The molecule has 1 heterocycles. The van der Waals surface area contributed by atoms with Crippen molar-refractivity contribution in [3.05, 3.63) is 29.8 Å². The highest BCUT2D eigenvalue weighted by Gasteiger charge is 2.21. The summed E-state index contributed by atoms with van der Waals surface area (Å²) in [6, 6.07) is 6.58. The van der Waals surface area contributed by atoms with Crippen LogP contribution in [-0.4, -0.2) is 33.7 Å². The van der Waals surface area contributed by atoms with Crippen LogP contribution in [0.2, 0.25) is 0 Å². The third-order valence-electron chi connectivity index (χ3n) is 3.25. The zero-order chi connectivity index (χ0) is 13.9. The highest BCUT2D eigenvalue weighted by atomic mass is 35.5. The lowest BCUT2D eigenvalue weighted by atomic mass is 10.1. The van der Waals surface area contributed by atoms with Crippen LogP contribution in [0.1, 0.15) is 12.0 Å². The summed E-state index contributed by atoms with van der Waals surface area (Å²) in [7, 11) is -3.16. The van der Waals surface area contributed by atoms with Crippen molar-refractivity contribution in [2.75, 3.05) is 19.3 Å². The molecule has 0 aliphatic carbocycles. The Balaban J connectivity index is 0.00000200. The molecule has 0 aromatic heterocycles. The van der Waals surface area contributed by atoms with Gasteiger partial charge >= 0.3 is 0 Å². The molecule has 0 bridgehead atoms. The van der Waals surface area contributed by atoms with Crippen LogP contribution in [0.5, 0.6) is 0 Å². The topological polar surface area (TPSA) is 75.3 Å². The Morgan fingerprint density at radius 3 is 2.50 bits per heavy atom. The minimum atomic E-state index is -3.16. The van der Waals surface area contributed by atoms with Crippen LogP contribution in [-0.2, 0) is 21.2 Å². The second kappa shape index (κ2) is 7.06. The molecule has 1 aromatic rings. The van der Waals surface area contributed by atoms with Crippen molar-refractivity contribution in [2.45, 2.75) is 17.9 Å². The van der Waals surface area contributed by atoms with E-state index in [2.05, 4.69) is 10.6 Å². The van der Waals surface area contributed by atoms with Gasteiger partial charge in [0.1, 0.15) is 0 Å². The lowest BCUT2D eigenvalue weighted by Gasteiger charge is -2.10. The Kier molecular flexibility index (Phi) is 5.98. The van der Waals surface area contributed by atoms with Crippen molar-refractivity contribution in [1.29, 1.82) is 0 Å². The van der Waals surface area contributed by atoms with Crippen molar-refractivity contribution in [3.63, 3.8) is 0 Å². The molecule has 0 radical (unpaired) electrons. The van der Waals surface area contributed by atoms with Gasteiger partial charge in [0.2, 0.25) is 5.91 Å². The van der Waals surface area contributed by atoms with E-state index in [0.29, 0.717) is 11.4 Å². The fourth-order valence-electron chi connectivity index (χ4n) is 2.07. The summed E-state index contributed by atoms with van der Waals surface area (Å²) in [5.41, 5.74) is 0.895. The molecule has 0 spiro atoms. The molecule has 1 fully saturated rings. The largest absolute Gasteiger partial charge is 0.352 e. The van der Waals surface area contributed by atoms with Gasteiger partial charge in [-0.2, -0.15) is 0 Å². The van der Waals surface area contributed by atoms with Gasteiger partial charge in [-0.1, -0.05) is 12.1 Å². The van der Waals surface area contributed by atoms with E-state index in [1.165, 1.54) is 6.26 Å². The van der Waals surface area contributed by atoms with E-state index < -0.39 is 9.84 Å². The Morgan fingerprint density at radius 1 is 1.35 bits per heavy atom. The minimum Gasteiger partial charge on any atom is -0.352 e. The minimum absolute atomic E-state index is 0. The first kappa shape index (κ1) is 16.9. The van der Waals surface area contributed by atoms with Gasteiger partial charge in [-0.25, -0.2) is 8.42 Å². The van der Waals surface area contributed by atoms with E-state index in [4.69, 9.17) is 0 Å². The van der Waals surface area contributed by atoms with Crippen LogP contribution in [0.25, 0.3) is 0 Å². The van der Waals surface area contributed by atoms with Gasteiger partial charge in [0, 0.05) is 19.3 Å². The van der Waals surface area contributed by atoms with Crippen LogP contribution in [0.4, 0.5) is 0 Å². The molecule has 1 unspecified atom stereocenters. The predicted octanol–water partition coefficient (Wildman–Crippen LogP) is 0.738. The predicted molar refractivity (Wildman–Crippen MR) is 79.6 cm³/mol. The second-order valence-electron chi connectivity index (χ2n) is 4.82. The Morgan fingerprint density at radius 2 is 2.00 bits per heavy atom. The number of carbonyl (C=O) groups excluding carboxylic acids is 1. The normalized spacial score (nSPS) is 18.4. The van der Waals surface area contributed by atoms with Crippen LogP contribution >= 0.6 is 12.4 Å². The summed E-state index contributed by atoms with van der Waals surface area (Å²) >= 11 is 0. The Hall–Kier alpha value is -1.11. The van der Waals surface area contributed by atoms with E-state index >= 15 is 0 Å². The molecule has 2 rings (SSSR count). The third-order valence-corrected chi connectivity index (χ3v) is 4.38. The number of amides is 1. The maximum Gasteiger partial charge on any atom is 0.224 e. The van der Waals surface area contributed by atoms with Gasteiger partial charge in [0.15, 0.2) is 9.84 Å². The van der Waals surface area contributed by atoms with Gasteiger partial charge in [0.25, 0.3) is 0 Å². The summed E-state index contributed by atoms with van der Waals surface area (Å²) in [5, 5.41) is 6.02. The van der Waals surface area contributed by atoms with Crippen molar-refractivity contribution >= 4 is 28.2 Å². The molecule has 1 amide bonds. The number of halogens is 1. The molecule has 2 N–H and O–H groups in total. The summed E-state index contributed by atoms with van der Waals surface area (Å²) in [6.45, 7) is 2.05. The van der Waals surface area contributed by atoms with Gasteiger partial charge in [-0.05, 0) is 30.7 Å². The molecule has 1 aliphatic rings. The van der Waals surface area contributed by atoms with Crippen LogP contribution in [0.3, 0.4) is 0 Å². The molecular weight excluding hydrogens is 300 g/mol. The van der Waals surface area contributed by atoms with Crippen molar-refractivity contribution in [1.82, 2.24) is 10.6 Å². The SMILES string of the molecule is CS(=O)(=O)c1ccc(CNC(=O)C2CCNC2)cc1.Cl. The molecule has 1 aromatic carbocycles. The average Bonchev–Trinajstić information content (AvgIpc) is 2.89. The second-order valence-corrected chi connectivity index (χ2v) is 6.84. The van der Waals surface area contributed by atoms with Gasteiger partial charge < -0.3 is 10.6 Å². The maximum atomic E-state index is 11.8. The summed E-state index contributed by atoms with van der Waals surface area (Å²) < 4.78 is 22.6. The molecule has 0 saturated carbocycles. The van der Waals surface area contributed by atoms with Gasteiger partial charge in [-0.3, -0.25) is 4.79 Å². The lowest BCUT2D eigenvalue weighted by Crippen LogP contribution is -2.31. The zero-order valence-electron chi connectivity index (χ0n) is 11.3. The monoisotopic (exact) mass is 318 g/mol. The molecule has 1 saturated heterocycles. The Bertz CT molecular complexity index is 551. The fourth-order valence-corrected chi connectivity index (χ4v) is 2.70. The first-order valence-electron chi connectivity index (χ1n) is 6.24. The van der Waals surface area contributed by atoms with E-state index in [1.807, 2.05) is 0 Å². The summed E-state index contributed by atoms with van der Waals surface area (Å²) in [5.74, 6) is 0.104. The maximum absolute atomic E-state index is 11.8. The van der Waals surface area contributed by atoms with Gasteiger partial charge in [-0.15, -0.1) is 12.4 Å². The number of benzene rings is 1. The molecule has 1 aliphatic heterocycles. The summed E-state index contributed by atoms with van der Waals surface area (Å²) in [4.78, 5) is 12.1. The fraction of sp³-hybridized carbons (Fsp3) is 0.462. The molecule has 7 heteroatoms. The number of nitrogens with one attached hydrogen (secondary N) is 2. The van der Waals surface area contributed by atoms with Crippen LogP contribution < -0.4 is 10.6 Å². The number of sulfone groups is 1. The number of rotatable bonds is 4. The van der Waals surface area contributed by atoms with E-state index in [9.17, 15) is 13.2 Å². The molecular formula is C13H19ClN2O3S. The van der Waals surface area contributed by atoms with Gasteiger partial charge in [0.05, 0.1) is 10.8 Å². The number of hydrogen-bond acceptors (Lipinski definition) is 4. The highest BCUT2D eigenvalue weighted by Crippen LogP contribution is 2.11. The summed E-state index contributed by atoms with van der Waals surface area (Å²) in [6.07, 6.45) is 2.05. The quantitative estimate of drug-likeness (QED) is 0.858. The molecule has 5 nitrogen and oxygen atoms in total. The Labute approximate surface area is 125 Å². The standard InChI is InChI=1S/C13H18N2O3S.ClH/c1-19(17,18)12-4-2-10(3-5-12)8-15-13(16)11-6-7-14-9-11;/h2-5,11,14H,6-9H2,1H3,(H,15,16);1H. The number of carbonyl (C=O) groups is 1. The van der Waals surface area contributed by atoms with Crippen LogP contribution in [0, 0.1) is 5.92 Å². The van der Waals surface area contributed by atoms with Crippen molar-refractivity contribution in [3.8, 4) is 0 Å². The molecule has 1 atom stereocenters. The molecule has 112 valence electrons. The zero-order valence-corrected chi connectivity index (χ0v) is 12.9. The third kappa shape index (κ3) is 4.47. The average molecular weight is 319 g/mol. The first-order chi connectivity index (χ1) is 8.97. The van der Waals surface area contributed by atoms with E-state index in [0.717, 1.165) is 25.1 Å². The highest BCUT2D eigenvalue weighted by molar-refractivity contribution is 7.90. The lowest BCUT2D eigenvalue weighted by molar-refractivity contribution is -0.124.